The molecule has 1 aromatic rings. The van der Waals surface area contributed by atoms with Crippen molar-refractivity contribution in [2.75, 3.05) is 19.0 Å². The molecule has 0 aromatic heterocycles. The second-order valence-corrected chi connectivity index (χ2v) is 2.90. The summed E-state index contributed by atoms with van der Waals surface area (Å²) >= 11 is 0. The van der Waals surface area contributed by atoms with Gasteiger partial charge in [0.2, 0.25) is 0 Å². The summed E-state index contributed by atoms with van der Waals surface area (Å²) in [7, 11) is 3.61. The van der Waals surface area contributed by atoms with Crippen molar-refractivity contribution in [2.45, 2.75) is 0 Å². The molecular weight excluding hydrogens is 170 g/mol. The average Bonchev–Trinajstić information content (AvgIpc) is 2.04. The summed E-state index contributed by atoms with van der Waals surface area (Å²) in [6, 6.07) is 4.46. The fourth-order valence-corrected chi connectivity index (χ4v) is 0.973. The number of hydrogen-bond acceptors (Lipinski definition) is 3. The van der Waals surface area contributed by atoms with Crippen LogP contribution in [0, 0.1) is 0 Å². The van der Waals surface area contributed by atoms with Crippen LogP contribution in [0.2, 0.25) is 0 Å². The summed E-state index contributed by atoms with van der Waals surface area (Å²) in [6.45, 7) is 0. The third kappa shape index (κ3) is 1.90. The van der Waals surface area contributed by atoms with Crippen LogP contribution < -0.4 is 4.90 Å². The van der Waals surface area contributed by atoms with E-state index in [-0.39, 0.29) is 11.3 Å². The molecule has 0 aliphatic rings. The van der Waals surface area contributed by atoms with Gasteiger partial charge in [-0.15, -0.1) is 0 Å². The van der Waals surface area contributed by atoms with Crippen molar-refractivity contribution >= 4 is 11.7 Å². The van der Waals surface area contributed by atoms with E-state index in [1.807, 2.05) is 0 Å². The van der Waals surface area contributed by atoms with E-state index in [4.69, 9.17) is 5.11 Å². The van der Waals surface area contributed by atoms with Crippen molar-refractivity contribution in [3.63, 3.8) is 0 Å². The van der Waals surface area contributed by atoms with Crippen molar-refractivity contribution in [1.29, 1.82) is 0 Å². The molecule has 0 amide bonds. The highest BCUT2D eigenvalue weighted by atomic mass is 16.4. The van der Waals surface area contributed by atoms with Crippen molar-refractivity contribution in [1.82, 2.24) is 0 Å². The number of anilines is 1. The zero-order valence-corrected chi connectivity index (χ0v) is 7.48. The van der Waals surface area contributed by atoms with E-state index >= 15 is 0 Å². The molecule has 70 valence electrons. The van der Waals surface area contributed by atoms with Crippen LogP contribution in [-0.2, 0) is 0 Å². The molecule has 0 atom stereocenters. The minimum Gasteiger partial charge on any atom is -0.507 e. The van der Waals surface area contributed by atoms with Crippen molar-refractivity contribution in [2.24, 2.45) is 0 Å². The lowest BCUT2D eigenvalue weighted by molar-refractivity contribution is 0.0694. The summed E-state index contributed by atoms with van der Waals surface area (Å²) in [5.41, 5.74) is 0.668. The monoisotopic (exact) mass is 181 g/mol. The van der Waals surface area contributed by atoms with Crippen LogP contribution >= 0.6 is 0 Å². The number of carboxylic acids is 1. The van der Waals surface area contributed by atoms with Crippen LogP contribution in [0.15, 0.2) is 18.2 Å². The molecule has 0 saturated heterocycles. The Morgan fingerprint density at radius 2 is 2.00 bits per heavy atom. The molecule has 0 bridgehead atoms. The zero-order valence-electron chi connectivity index (χ0n) is 7.48. The predicted octanol–water partition coefficient (Wildman–Crippen LogP) is 1.16. The number of carboxylic acid groups (broad SMARTS) is 1. The van der Waals surface area contributed by atoms with Crippen LogP contribution in [0.3, 0.4) is 0 Å². The number of phenols is 1. The molecule has 0 aliphatic carbocycles. The lowest BCUT2D eigenvalue weighted by Gasteiger charge is -2.13. The van der Waals surface area contributed by atoms with E-state index in [0.29, 0.717) is 0 Å². The summed E-state index contributed by atoms with van der Waals surface area (Å²) in [6.07, 6.45) is 0. The Hall–Kier alpha value is -1.71. The Labute approximate surface area is 76.0 Å². The highest BCUT2D eigenvalue weighted by Crippen LogP contribution is 2.22. The molecule has 13 heavy (non-hydrogen) atoms. The molecule has 1 rings (SSSR count). The maximum absolute atomic E-state index is 10.6. The molecule has 0 unspecified atom stereocenters. The molecule has 1 aromatic carbocycles. The Bertz CT molecular complexity index is 334. The Kier molecular flexibility index (Phi) is 2.41. The number of benzene rings is 1. The summed E-state index contributed by atoms with van der Waals surface area (Å²) in [5.74, 6) is -1.33. The number of hydrogen-bond donors (Lipinski definition) is 2. The molecule has 0 saturated carbocycles. The van der Waals surface area contributed by atoms with Gasteiger partial charge in [0, 0.05) is 19.8 Å². The van der Waals surface area contributed by atoms with Crippen molar-refractivity contribution in [3.05, 3.63) is 23.8 Å². The van der Waals surface area contributed by atoms with Crippen LogP contribution in [0.4, 0.5) is 5.69 Å². The van der Waals surface area contributed by atoms with Gasteiger partial charge in [-0.1, -0.05) is 0 Å². The molecule has 4 heteroatoms. The SMILES string of the molecule is CN(C)c1ccc(O)c(C(=O)O)c1. The molecule has 0 radical (unpaired) electrons. The van der Waals surface area contributed by atoms with Crippen LogP contribution in [0.25, 0.3) is 0 Å². The van der Waals surface area contributed by atoms with Gasteiger partial charge in [0.1, 0.15) is 11.3 Å². The maximum Gasteiger partial charge on any atom is 0.339 e. The summed E-state index contributed by atoms with van der Waals surface area (Å²) < 4.78 is 0. The van der Waals surface area contributed by atoms with E-state index in [0.717, 1.165) is 5.69 Å². The number of nitrogens with zero attached hydrogens (tertiary/aromatic N) is 1. The Balaban J connectivity index is 3.19. The first kappa shape index (κ1) is 9.38. The molecule has 0 aliphatic heterocycles. The van der Waals surface area contributed by atoms with Crippen molar-refractivity contribution in [3.8, 4) is 5.75 Å². The van der Waals surface area contributed by atoms with E-state index in [1.54, 1.807) is 25.1 Å². The fraction of sp³-hybridized carbons (Fsp3) is 0.222. The topological polar surface area (TPSA) is 60.8 Å². The largest absolute Gasteiger partial charge is 0.507 e. The predicted molar refractivity (Wildman–Crippen MR) is 49.4 cm³/mol. The lowest BCUT2D eigenvalue weighted by Crippen LogP contribution is -2.09. The third-order valence-corrected chi connectivity index (χ3v) is 1.73. The standard InChI is InChI=1S/C9H11NO3/c1-10(2)6-3-4-8(11)7(5-6)9(12)13/h3-5,11H,1-2H3,(H,12,13). The first-order valence-electron chi connectivity index (χ1n) is 3.76. The van der Waals surface area contributed by atoms with Gasteiger partial charge in [0.25, 0.3) is 0 Å². The first-order valence-corrected chi connectivity index (χ1v) is 3.76. The van der Waals surface area contributed by atoms with E-state index in [9.17, 15) is 9.90 Å². The molecular formula is C9H11NO3. The number of aromatic carboxylic acids is 1. The lowest BCUT2D eigenvalue weighted by atomic mass is 10.1. The molecule has 4 nitrogen and oxygen atoms in total. The fourth-order valence-electron chi connectivity index (χ4n) is 0.973. The smallest absolute Gasteiger partial charge is 0.339 e. The molecule has 0 heterocycles. The van der Waals surface area contributed by atoms with Gasteiger partial charge in [0.05, 0.1) is 0 Å². The second kappa shape index (κ2) is 3.35. The minimum atomic E-state index is -1.12. The van der Waals surface area contributed by atoms with E-state index in [2.05, 4.69) is 0 Å². The Morgan fingerprint density at radius 3 is 2.46 bits per heavy atom. The van der Waals surface area contributed by atoms with E-state index in [1.165, 1.54) is 12.1 Å². The Morgan fingerprint density at radius 1 is 1.38 bits per heavy atom. The van der Waals surface area contributed by atoms with Gasteiger partial charge in [-0.05, 0) is 18.2 Å². The van der Waals surface area contributed by atoms with Gasteiger partial charge in [-0.3, -0.25) is 0 Å². The van der Waals surface area contributed by atoms with Crippen molar-refractivity contribution < 1.29 is 15.0 Å². The minimum absolute atomic E-state index is 0.0776. The number of aromatic hydroxyl groups is 1. The zero-order chi connectivity index (χ0) is 10.0. The molecule has 2 N–H and O–H groups in total. The second-order valence-electron chi connectivity index (χ2n) is 2.90. The maximum atomic E-state index is 10.6. The first-order chi connectivity index (χ1) is 6.02. The van der Waals surface area contributed by atoms with Crippen LogP contribution in [0.1, 0.15) is 10.4 Å². The van der Waals surface area contributed by atoms with Gasteiger partial charge in [-0.25, -0.2) is 4.79 Å². The highest BCUT2D eigenvalue weighted by molar-refractivity contribution is 5.92. The summed E-state index contributed by atoms with van der Waals surface area (Å²) in [4.78, 5) is 12.4. The van der Waals surface area contributed by atoms with Crippen LogP contribution in [0.5, 0.6) is 5.75 Å². The average molecular weight is 181 g/mol. The number of carbonyl (C=O) groups is 1. The van der Waals surface area contributed by atoms with Gasteiger partial charge >= 0.3 is 5.97 Å². The van der Waals surface area contributed by atoms with Gasteiger partial charge < -0.3 is 15.1 Å². The van der Waals surface area contributed by atoms with E-state index < -0.39 is 5.97 Å². The molecule has 0 fully saturated rings. The van der Waals surface area contributed by atoms with Gasteiger partial charge in [0.15, 0.2) is 0 Å². The highest BCUT2D eigenvalue weighted by Gasteiger charge is 2.10. The quantitative estimate of drug-likeness (QED) is 0.718. The number of rotatable bonds is 2. The summed E-state index contributed by atoms with van der Waals surface area (Å²) in [5, 5.41) is 17.9. The molecule has 0 spiro atoms. The third-order valence-electron chi connectivity index (χ3n) is 1.73. The normalized spacial score (nSPS) is 9.69. The van der Waals surface area contributed by atoms with Crippen LogP contribution in [-0.4, -0.2) is 30.3 Å². The van der Waals surface area contributed by atoms with Gasteiger partial charge in [-0.2, -0.15) is 0 Å².